The summed E-state index contributed by atoms with van der Waals surface area (Å²) in [5, 5.41) is 9.39. The average Bonchev–Trinajstić information content (AvgIpc) is 2.24. The maximum Gasteiger partial charge on any atom is 0.191 e. The summed E-state index contributed by atoms with van der Waals surface area (Å²) < 4.78 is 6.28. The lowest BCUT2D eigenvalue weighted by Crippen LogP contribution is -2.41. The van der Waals surface area contributed by atoms with Crippen molar-refractivity contribution in [3.05, 3.63) is 0 Å². The Balaban J connectivity index is 4.09. The number of rotatable bonds is 8. The molecule has 0 aliphatic rings. The number of hydrogen-bond acceptors (Lipinski definition) is 2. The Labute approximate surface area is 122 Å². The highest BCUT2D eigenvalue weighted by Gasteiger charge is 2.37. The first-order valence-electron chi connectivity index (χ1n) is 7.74. The molecule has 0 heterocycles. The van der Waals surface area contributed by atoms with Crippen LogP contribution >= 0.6 is 0 Å². The Kier molecular flexibility index (Phi) is 7.85. The van der Waals surface area contributed by atoms with Gasteiger partial charge in [-0.1, -0.05) is 41.5 Å². The minimum absolute atomic E-state index is 0.295. The maximum atomic E-state index is 9.10. The number of aliphatic hydroxyl groups excluding tert-OH is 1. The highest BCUT2D eigenvalue weighted by molar-refractivity contribution is 6.74. The fourth-order valence-electron chi connectivity index (χ4n) is 2.18. The zero-order valence-electron chi connectivity index (χ0n) is 14.4. The molecule has 0 unspecified atom stereocenters. The Morgan fingerprint density at radius 1 is 0.947 bits per heavy atom. The van der Waals surface area contributed by atoms with Crippen molar-refractivity contribution in [3.8, 4) is 0 Å². The van der Waals surface area contributed by atoms with E-state index in [4.69, 9.17) is 9.53 Å². The Hall–Kier alpha value is 0.137. The molecule has 0 aliphatic carbocycles. The van der Waals surface area contributed by atoms with Gasteiger partial charge < -0.3 is 9.53 Å². The second kappa shape index (κ2) is 7.80. The van der Waals surface area contributed by atoms with Crippen molar-refractivity contribution in [2.24, 2.45) is 17.8 Å². The van der Waals surface area contributed by atoms with Gasteiger partial charge in [0.15, 0.2) is 8.32 Å². The van der Waals surface area contributed by atoms with Crippen molar-refractivity contribution in [1.29, 1.82) is 0 Å². The minimum atomic E-state index is -1.60. The van der Waals surface area contributed by atoms with Crippen LogP contribution in [0.25, 0.3) is 0 Å². The molecule has 0 radical (unpaired) electrons. The van der Waals surface area contributed by atoms with E-state index in [2.05, 4.69) is 54.6 Å². The molecule has 0 aromatic heterocycles. The molecule has 0 saturated heterocycles. The van der Waals surface area contributed by atoms with E-state index < -0.39 is 8.32 Å². The summed E-state index contributed by atoms with van der Waals surface area (Å²) in [5.74, 6) is 1.69. The van der Waals surface area contributed by atoms with Gasteiger partial charge in [-0.2, -0.15) is 0 Å². The van der Waals surface area contributed by atoms with Crippen LogP contribution in [0.3, 0.4) is 0 Å². The van der Waals surface area contributed by atoms with Gasteiger partial charge in [-0.3, -0.25) is 0 Å². The zero-order valence-corrected chi connectivity index (χ0v) is 15.4. The summed E-state index contributed by atoms with van der Waals surface area (Å²) in [4.78, 5) is 0. The molecule has 116 valence electrons. The largest absolute Gasteiger partial charge is 0.417 e. The van der Waals surface area contributed by atoms with Gasteiger partial charge in [0.05, 0.1) is 0 Å². The molecule has 0 spiro atoms. The van der Waals surface area contributed by atoms with E-state index >= 15 is 0 Å². The van der Waals surface area contributed by atoms with E-state index in [0.717, 1.165) is 13.0 Å². The van der Waals surface area contributed by atoms with Crippen LogP contribution in [0.15, 0.2) is 0 Å². The third-order valence-corrected chi connectivity index (χ3v) is 8.96. The van der Waals surface area contributed by atoms with Crippen molar-refractivity contribution in [2.45, 2.75) is 72.5 Å². The molecular weight excluding hydrogens is 252 g/mol. The van der Waals surface area contributed by atoms with E-state index in [9.17, 15) is 0 Å². The fraction of sp³-hybridized carbons (Fsp3) is 1.00. The van der Waals surface area contributed by atoms with E-state index in [0.29, 0.717) is 29.4 Å². The minimum Gasteiger partial charge on any atom is -0.417 e. The first kappa shape index (κ1) is 19.1. The van der Waals surface area contributed by atoms with Crippen LogP contribution in [0.1, 0.15) is 54.4 Å². The predicted molar refractivity (Wildman–Crippen MR) is 87.0 cm³/mol. The number of hydrogen-bond donors (Lipinski definition) is 1. The van der Waals surface area contributed by atoms with Crippen LogP contribution in [0.2, 0.25) is 18.1 Å². The lowest BCUT2D eigenvalue weighted by Gasteiger charge is -2.37. The van der Waals surface area contributed by atoms with Crippen LogP contribution in [-0.2, 0) is 4.43 Å². The van der Waals surface area contributed by atoms with Crippen molar-refractivity contribution < 1.29 is 9.53 Å². The molecule has 0 fully saturated rings. The molecular formula is C16H36O2Si. The van der Waals surface area contributed by atoms with Crippen LogP contribution in [-0.4, -0.2) is 26.6 Å². The third-order valence-electron chi connectivity index (χ3n) is 4.46. The molecule has 0 aromatic carbocycles. The standard InChI is InChI=1S/C16H36O2Si/c1-13(9-14(2)11-17)10-15(3)12-18-19(7,8)16(4,5)6/h13-15,17H,9-12H2,1-8H3/t13-,14+,15-/m1/s1. The summed E-state index contributed by atoms with van der Waals surface area (Å²) in [6.45, 7) is 19.4. The molecule has 0 aromatic rings. The van der Waals surface area contributed by atoms with Gasteiger partial charge in [-0.15, -0.1) is 0 Å². The molecule has 1 N–H and O–H groups in total. The molecule has 0 amide bonds. The summed E-state index contributed by atoms with van der Waals surface area (Å²) >= 11 is 0. The highest BCUT2D eigenvalue weighted by atomic mass is 28.4. The van der Waals surface area contributed by atoms with Gasteiger partial charge in [0.25, 0.3) is 0 Å². The first-order chi connectivity index (χ1) is 8.49. The van der Waals surface area contributed by atoms with E-state index in [1.807, 2.05) is 0 Å². The molecule has 3 atom stereocenters. The van der Waals surface area contributed by atoms with Crippen molar-refractivity contribution in [1.82, 2.24) is 0 Å². The third kappa shape index (κ3) is 7.47. The topological polar surface area (TPSA) is 29.5 Å². The van der Waals surface area contributed by atoms with Gasteiger partial charge in [-0.05, 0) is 48.7 Å². The summed E-state index contributed by atoms with van der Waals surface area (Å²) in [5.41, 5.74) is 0. The van der Waals surface area contributed by atoms with Gasteiger partial charge >= 0.3 is 0 Å². The first-order valence-corrected chi connectivity index (χ1v) is 10.6. The van der Waals surface area contributed by atoms with Gasteiger partial charge in [-0.25, -0.2) is 0 Å². The predicted octanol–water partition coefficient (Wildman–Crippen LogP) is 4.69. The van der Waals surface area contributed by atoms with Gasteiger partial charge in [0.1, 0.15) is 0 Å². The molecule has 0 rings (SSSR count). The highest BCUT2D eigenvalue weighted by Crippen LogP contribution is 2.37. The Morgan fingerprint density at radius 2 is 1.42 bits per heavy atom. The normalized spacial score (nSPS) is 18.2. The van der Waals surface area contributed by atoms with Crippen LogP contribution in [0.4, 0.5) is 0 Å². The molecule has 0 bridgehead atoms. The Morgan fingerprint density at radius 3 is 1.84 bits per heavy atom. The summed E-state index contributed by atoms with van der Waals surface area (Å²) in [6.07, 6.45) is 2.31. The SMILES string of the molecule is C[C@H](C[C@H](C)CO)C[C@@H](C)CO[Si](C)(C)C(C)(C)C. The van der Waals surface area contributed by atoms with Crippen LogP contribution in [0, 0.1) is 17.8 Å². The van der Waals surface area contributed by atoms with Crippen molar-refractivity contribution >= 4 is 8.32 Å². The van der Waals surface area contributed by atoms with Gasteiger partial charge in [0, 0.05) is 13.2 Å². The van der Waals surface area contributed by atoms with Crippen LogP contribution < -0.4 is 0 Å². The van der Waals surface area contributed by atoms with Crippen LogP contribution in [0.5, 0.6) is 0 Å². The summed E-state index contributed by atoms with van der Waals surface area (Å²) in [7, 11) is -1.60. The second-order valence-electron chi connectivity index (χ2n) is 8.04. The molecule has 2 nitrogen and oxygen atoms in total. The zero-order chi connectivity index (χ0) is 15.3. The second-order valence-corrected chi connectivity index (χ2v) is 12.9. The maximum absolute atomic E-state index is 9.10. The average molecular weight is 289 g/mol. The van der Waals surface area contributed by atoms with Crippen molar-refractivity contribution in [3.63, 3.8) is 0 Å². The smallest absolute Gasteiger partial charge is 0.191 e. The molecule has 0 aliphatic heterocycles. The quantitative estimate of drug-likeness (QED) is 0.657. The molecule has 0 saturated carbocycles. The van der Waals surface area contributed by atoms with E-state index in [-0.39, 0.29) is 0 Å². The lowest BCUT2D eigenvalue weighted by atomic mass is 9.90. The monoisotopic (exact) mass is 288 g/mol. The fourth-order valence-corrected chi connectivity index (χ4v) is 3.31. The summed E-state index contributed by atoms with van der Waals surface area (Å²) in [6, 6.07) is 0. The van der Waals surface area contributed by atoms with E-state index in [1.165, 1.54) is 6.42 Å². The lowest BCUT2D eigenvalue weighted by molar-refractivity contribution is 0.187. The number of aliphatic hydroxyl groups is 1. The van der Waals surface area contributed by atoms with Crippen molar-refractivity contribution in [2.75, 3.05) is 13.2 Å². The van der Waals surface area contributed by atoms with Gasteiger partial charge in [0.2, 0.25) is 0 Å². The van der Waals surface area contributed by atoms with E-state index in [1.54, 1.807) is 0 Å². The molecule has 19 heavy (non-hydrogen) atoms. The molecule has 3 heteroatoms. The Bertz CT molecular complexity index is 246.